The zero-order chi connectivity index (χ0) is 32.1. The number of halogens is 1. The van der Waals surface area contributed by atoms with Crippen LogP contribution in [0.25, 0.3) is 0 Å². The van der Waals surface area contributed by atoms with E-state index in [9.17, 15) is 9.18 Å². The second-order valence-electron chi connectivity index (χ2n) is 6.58. The molecular formula is C22H23FN6O5. The number of carbonyl (C=O) groups excluding carboxylic acids is 1. The van der Waals surface area contributed by atoms with Crippen LogP contribution in [0.3, 0.4) is 0 Å². The molecule has 0 saturated heterocycles. The molecule has 3 heterocycles. The maximum Gasteiger partial charge on any atom is 0.269 e. The molecule has 0 unspecified atom stereocenters. The van der Waals surface area contributed by atoms with E-state index in [0.717, 1.165) is 12.1 Å². The largest absolute Gasteiger partial charge is 0.493 e. The number of rotatable bonds is 7. The summed E-state index contributed by atoms with van der Waals surface area (Å²) in [5.41, 5.74) is -3.42. The van der Waals surface area contributed by atoms with Gasteiger partial charge < -0.3 is 34.9 Å². The van der Waals surface area contributed by atoms with Gasteiger partial charge in [-0.25, -0.2) is 14.4 Å². The molecule has 1 amide bonds. The fraction of sp³-hybridized carbons (Fsp3) is 0.273. The van der Waals surface area contributed by atoms with Crippen LogP contribution in [-0.4, -0.2) is 47.8 Å². The lowest BCUT2D eigenvalue weighted by Gasteiger charge is -2.30. The van der Waals surface area contributed by atoms with Crippen LogP contribution >= 0.6 is 0 Å². The van der Waals surface area contributed by atoms with Crippen LogP contribution in [-0.2, 0) is 4.79 Å². The van der Waals surface area contributed by atoms with E-state index in [1.54, 1.807) is 0 Å². The van der Waals surface area contributed by atoms with Gasteiger partial charge in [-0.2, -0.15) is 4.98 Å². The summed E-state index contributed by atoms with van der Waals surface area (Å²) in [4.78, 5) is 24.4. The van der Waals surface area contributed by atoms with Crippen molar-refractivity contribution in [3.05, 3.63) is 36.2 Å². The van der Waals surface area contributed by atoms with Crippen molar-refractivity contribution in [3.8, 4) is 23.0 Å². The van der Waals surface area contributed by atoms with Crippen LogP contribution in [0.15, 0.2) is 30.4 Å². The number of nitrogens with one attached hydrogen (secondary N) is 3. The third-order valence-corrected chi connectivity index (χ3v) is 4.34. The van der Waals surface area contributed by atoms with Gasteiger partial charge in [0.15, 0.2) is 40.3 Å². The minimum Gasteiger partial charge on any atom is -0.493 e. The van der Waals surface area contributed by atoms with E-state index < -0.39 is 49.0 Å². The molecular weight excluding hydrogens is 447 g/mol. The standard InChI is InChI=1S/C22H23FN6O5/c1-22(2)20(30)28-19-13(34-22)6-7-16(27-19)26-18-12(23)10-24-21(29-18)25-11-8-14(31-3)17(33-5)15(9-11)32-4/h6-10H,1-5H3,(H3,24,25,26,27,28,29,30)/i1D3,2D3,8D,9D,10D. The van der Waals surface area contributed by atoms with Crippen molar-refractivity contribution in [1.82, 2.24) is 15.0 Å². The summed E-state index contributed by atoms with van der Waals surface area (Å²) in [6.45, 7) is -6.77. The van der Waals surface area contributed by atoms with Crippen molar-refractivity contribution in [3.63, 3.8) is 0 Å². The number of aromatic nitrogens is 3. The molecule has 0 aliphatic carbocycles. The Morgan fingerprint density at radius 1 is 1.12 bits per heavy atom. The molecule has 34 heavy (non-hydrogen) atoms. The highest BCUT2D eigenvalue weighted by atomic mass is 19.1. The highest BCUT2D eigenvalue weighted by Gasteiger charge is 2.36. The number of pyridine rings is 1. The van der Waals surface area contributed by atoms with Crippen molar-refractivity contribution < 1.29 is 40.5 Å². The van der Waals surface area contributed by atoms with Crippen LogP contribution < -0.4 is 34.9 Å². The SMILES string of the molecule is [2H]c1nc(Nc2c([2H])c(OC)c(OC)c(OC)c2[2H])nc(Nc2ccc3c(n2)NC(=O)C(C([2H])([2H])[2H])(C([2H])([2H])[2H])O3)c1F. The van der Waals surface area contributed by atoms with Gasteiger partial charge in [0.2, 0.25) is 11.7 Å². The Kier molecular flexibility index (Phi) is 3.67. The van der Waals surface area contributed by atoms with E-state index in [1.165, 1.54) is 21.3 Å². The predicted octanol–water partition coefficient (Wildman–Crippen LogP) is 3.63. The van der Waals surface area contributed by atoms with Crippen molar-refractivity contribution in [2.45, 2.75) is 19.3 Å². The molecule has 12 heteroatoms. The van der Waals surface area contributed by atoms with E-state index in [4.69, 9.17) is 31.3 Å². The van der Waals surface area contributed by atoms with Gasteiger partial charge in [-0.05, 0) is 25.8 Å². The lowest BCUT2D eigenvalue weighted by atomic mass is 10.1. The Bertz CT molecular complexity index is 1560. The Morgan fingerprint density at radius 3 is 2.50 bits per heavy atom. The van der Waals surface area contributed by atoms with Gasteiger partial charge in [0.1, 0.15) is 5.82 Å². The molecule has 0 fully saturated rings. The second kappa shape index (κ2) is 8.89. The molecule has 2 aromatic heterocycles. The van der Waals surface area contributed by atoms with Crippen molar-refractivity contribution in [2.24, 2.45) is 0 Å². The van der Waals surface area contributed by atoms with Gasteiger partial charge in [0.25, 0.3) is 5.91 Å². The zero-order valence-electron chi connectivity index (χ0n) is 26.9. The molecule has 1 aromatic carbocycles. The number of fused-ring (bicyclic) bond motifs is 1. The number of amides is 1. The van der Waals surface area contributed by atoms with E-state index in [0.29, 0.717) is 0 Å². The molecule has 11 nitrogen and oxygen atoms in total. The van der Waals surface area contributed by atoms with Crippen LogP contribution in [0.2, 0.25) is 0 Å². The quantitative estimate of drug-likeness (QED) is 0.462. The number of ether oxygens (including phenoxy) is 4. The minimum atomic E-state index is -3.38. The summed E-state index contributed by atoms with van der Waals surface area (Å²) in [7, 11) is 3.84. The van der Waals surface area contributed by atoms with Gasteiger partial charge in [-0.3, -0.25) is 4.79 Å². The molecule has 0 spiro atoms. The summed E-state index contributed by atoms with van der Waals surface area (Å²) in [5.74, 6) is -4.85. The smallest absolute Gasteiger partial charge is 0.269 e. The maximum atomic E-state index is 14.9. The highest BCUT2D eigenvalue weighted by Crippen LogP contribution is 2.40. The average Bonchev–Trinajstić information content (AvgIpc) is 2.91. The normalized spacial score (nSPS) is 18.4. The van der Waals surface area contributed by atoms with Gasteiger partial charge >= 0.3 is 0 Å². The van der Waals surface area contributed by atoms with E-state index in [-0.39, 0.29) is 52.4 Å². The summed E-state index contributed by atoms with van der Waals surface area (Å²) in [5, 5.41) is 7.19. The maximum absolute atomic E-state index is 14.9. The van der Waals surface area contributed by atoms with E-state index in [1.807, 2.05) is 0 Å². The van der Waals surface area contributed by atoms with Gasteiger partial charge in [0, 0.05) is 26.0 Å². The number of methoxy groups -OCH3 is 3. The third-order valence-electron chi connectivity index (χ3n) is 4.34. The number of anilines is 5. The van der Waals surface area contributed by atoms with Crippen molar-refractivity contribution >= 4 is 35.0 Å². The lowest BCUT2D eigenvalue weighted by Crippen LogP contribution is -2.46. The Hall–Kier alpha value is -4.35. The van der Waals surface area contributed by atoms with Crippen molar-refractivity contribution in [1.29, 1.82) is 0 Å². The first-order valence-corrected chi connectivity index (χ1v) is 9.39. The number of hydrogen-bond acceptors (Lipinski definition) is 10. The molecule has 1 aliphatic rings. The molecule has 0 saturated carbocycles. The Morgan fingerprint density at radius 2 is 1.85 bits per heavy atom. The molecule has 4 rings (SSSR count). The van der Waals surface area contributed by atoms with Gasteiger partial charge in [-0.15, -0.1) is 0 Å². The van der Waals surface area contributed by atoms with Crippen LogP contribution in [0, 0.1) is 5.82 Å². The summed E-state index contributed by atoms with van der Waals surface area (Å²) in [6.07, 6.45) is -0.889. The number of hydrogen-bond donors (Lipinski definition) is 3. The average molecular weight is 480 g/mol. The highest BCUT2D eigenvalue weighted by molar-refractivity contribution is 5.99. The van der Waals surface area contributed by atoms with E-state index in [2.05, 4.69) is 30.9 Å². The molecule has 0 atom stereocenters. The molecule has 0 bridgehead atoms. The monoisotopic (exact) mass is 479 g/mol. The first-order chi connectivity index (χ1) is 20.0. The van der Waals surface area contributed by atoms with Crippen molar-refractivity contribution in [2.75, 3.05) is 37.3 Å². The molecule has 3 N–H and O–H groups in total. The molecule has 0 radical (unpaired) electrons. The molecule has 178 valence electrons. The predicted molar refractivity (Wildman–Crippen MR) is 122 cm³/mol. The van der Waals surface area contributed by atoms with Gasteiger partial charge in [-0.1, -0.05) is 0 Å². The summed E-state index contributed by atoms with van der Waals surface area (Å²) >= 11 is 0. The number of carbonyl (C=O) groups is 1. The zero-order valence-corrected chi connectivity index (χ0v) is 17.9. The molecule has 1 aliphatic heterocycles. The van der Waals surface area contributed by atoms with Crippen LogP contribution in [0.1, 0.15) is 26.0 Å². The fourth-order valence-corrected chi connectivity index (χ4v) is 2.81. The Balaban J connectivity index is 1.70. The molecule has 3 aromatic rings. The van der Waals surface area contributed by atoms with Gasteiger partial charge in [0.05, 0.1) is 31.6 Å². The van der Waals surface area contributed by atoms with E-state index >= 15 is 0 Å². The first kappa shape index (κ1) is 14.0. The second-order valence-corrected chi connectivity index (χ2v) is 6.58. The topological polar surface area (TPSA) is 129 Å². The first-order valence-electron chi connectivity index (χ1n) is 13.9. The lowest BCUT2D eigenvalue weighted by molar-refractivity contribution is -0.129. The number of benzene rings is 1. The summed E-state index contributed by atoms with van der Waals surface area (Å²) < 4.78 is 107. The van der Waals surface area contributed by atoms with Crippen LogP contribution in [0.4, 0.5) is 33.5 Å². The summed E-state index contributed by atoms with van der Waals surface area (Å²) in [6, 6.07) is 1.56. The van der Waals surface area contributed by atoms with Crippen LogP contribution in [0.5, 0.6) is 23.0 Å². The third kappa shape index (κ3) is 4.42. The number of nitrogens with zero attached hydrogens (tertiary/aromatic N) is 3. The fourth-order valence-electron chi connectivity index (χ4n) is 2.81. The Labute approximate surface area is 207 Å². The minimum absolute atomic E-state index is 0.0151.